The van der Waals surface area contributed by atoms with Crippen LogP contribution in [0.4, 0.5) is 0 Å². The molecule has 0 aliphatic carbocycles. The Labute approximate surface area is 92.8 Å². The molecule has 0 radical (unpaired) electrons. The van der Waals surface area contributed by atoms with E-state index in [0.717, 1.165) is 19.4 Å². The molecule has 3 atom stereocenters. The molecule has 1 aliphatic rings. The van der Waals surface area contributed by atoms with Crippen LogP contribution in [-0.4, -0.2) is 37.6 Å². The van der Waals surface area contributed by atoms with E-state index in [0.29, 0.717) is 6.61 Å². The summed E-state index contributed by atoms with van der Waals surface area (Å²) in [7, 11) is 1.67. The average Bonchev–Trinajstić information content (AvgIpc) is 2.18. The zero-order valence-corrected chi connectivity index (χ0v) is 10.3. The van der Waals surface area contributed by atoms with Crippen molar-refractivity contribution in [2.45, 2.75) is 45.8 Å². The van der Waals surface area contributed by atoms with Crippen molar-refractivity contribution in [3.05, 3.63) is 0 Å². The van der Waals surface area contributed by atoms with Crippen molar-refractivity contribution in [1.82, 2.24) is 0 Å². The number of aliphatic hydroxyl groups is 1. The van der Waals surface area contributed by atoms with Crippen LogP contribution in [0.1, 0.15) is 33.6 Å². The zero-order chi connectivity index (χ0) is 11.5. The molecule has 1 aliphatic heterocycles. The maximum atomic E-state index is 10.3. The molecule has 1 heterocycles. The summed E-state index contributed by atoms with van der Waals surface area (Å²) in [5.41, 5.74) is -0.0361. The number of methoxy groups -OCH3 is 1. The summed E-state index contributed by atoms with van der Waals surface area (Å²) >= 11 is 0. The van der Waals surface area contributed by atoms with Crippen molar-refractivity contribution in [2.75, 3.05) is 20.3 Å². The number of hydrogen-bond donors (Lipinski definition) is 1. The van der Waals surface area contributed by atoms with Crippen LogP contribution in [0.2, 0.25) is 0 Å². The van der Waals surface area contributed by atoms with Gasteiger partial charge in [-0.1, -0.05) is 20.8 Å². The molecule has 15 heavy (non-hydrogen) atoms. The van der Waals surface area contributed by atoms with Crippen LogP contribution in [0.15, 0.2) is 0 Å². The first-order chi connectivity index (χ1) is 6.96. The number of aliphatic hydroxyl groups excluding tert-OH is 1. The molecule has 0 aromatic heterocycles. The lowest BCUT2D eigenvalue weighted by Crippen LogP contribution is -2.45. The molecule has 0 spiro atoms. The van der Waals surface area contributed by atoms with Crippen molar-refractivity contribution in [3.63, 3.8) is 0 Å². The van der Waals surface area contributed by atoms with E-state index >= 15 is 0 Å². The molecule has 1 N–H and O–H groups in total. The lowest BCUT2D eigenvalue weighted by atomic mass is 9.80. The van der Waals surface area contributed by atoms with Gasteiger partial charge in [0.2, 0.25) is 0 Å². The Kier molecular flexibility index (Phi) is 4.56. The van der Waals surface area contributed by atoms with E-state index in [9.17, 15) is 5.11 Å². The summed E-state index contributed by atoms with van der Waals surface area (Å²) in [6.07, 6.45) is 1.54. The van der Waals surface area contributed by atoms with Gasteiger partial charge in [0.25, 0.3) is 0 Å². The Bertz CT molecular complexity index is 180. The SMILES string of the molecule is COC(C(O)C1CCCOC1)C(C)(C)C. The predicted octanol–water partition coefficient (Wildman–Crippen LogP) is 1.83. The summed E-state index contributed by atoms with van der Waals surface area (Å²) < 4.78 is 10.8. The maximum Gasteiger partial charge on any atom is 0.0881 e. The third-order valence-corrected chi connectivity index (χ3v) is 3.10. The van der Waals surface area contributed by atoms with Crippen molar-refractivity contribution >= 4 is 0 Å². The molecule has 3 nitrogen and oxygen atoms in total. The van der Waals surface area contributed by atoms with Crippen LogP contribution < -0.4 is 0 Å². The molecule has 1 fully saturated rings. The Hall–Kier alpha value is -0.120. The second kappa shape index (κ2) is 5.28. The lowest BCUT2D eigenvalue weighted by molar-refractivity contribution is -0.115. The monoisotopic (exact) mass is 216 g/mol. The van der Waals surface area contributed by atoms with Crippen LogP contribution in [0, 0.1) is 11.3 Å². The van der Waals surface area contributed by atoms with Gasteiger partial charge in [0.1, 0.15) is 0 Å². The molecule has 1 saturated heterocycles. The summed E-state index contributed by atoms with van der Waals surface area (Å²) in [6, 6.07) is 0. The van der Waals surface area contributed by atoms with Crippen LogP contribution in [0.3, 0.4) is 0 Å². The first-order valence-corrected chi connectivity index (χ1v) is 5.75. The van der Waals surface area contributed by atoms with Gasteiger partial charge in [-0.05, 0) is 18.3 Å². The minimum Gasteiger partial charge on any atom is -0.390 e. The third kappa shape index (κ3) is 3.44. The molecular formula is C12H24O3. The summed E-state index contributed by atoms with van der Waals surface area (Å²) in [5, 5.41) is 10.3. The van der Waals surface area contributed by atoms with E-state index in [-0.39, 0.29) is 17.4 Å². The summed E-state index contributed by atoms with van der Waals surface area (Å²) in [5.74, 6) is 0.225. The van der Waals surface area contributed by atoms with E-state index in [2.05, 4.69) is 20.8 Å². The Balaban J connectivity index is 2.59. The minimum atomic E-state index is -0.421. The average molecular weight is 216 g/mol. The van der Waals surface area contributed by atoms with Crippen LogP contribution in [0.5, 0.6) is 0 Å². The predicted molar refractivity (Wildman–Crippen MR) is 59.8 cm³/mol. The molecule has 0 amide bonds. The van der Waals surface area contributed by atoms with Gasteiger partial charge < -0.3 is 14.6 Å². The Morgan fingerprint density at radius 3 is 2.47 bits per heavy atom. The first kappa shape index (κ1) is 12.9. The van der Waals surface area contributed by atoms with E-state index in [1.54, 1.807) is 7.11 Å². The lowest BCUT2D eigenvalue weighted by Gasteiger charge is -2.38. The third-order valence-electron chi connectivity index (χ3n) is 3.10. The van der Waals surface area contributed by atoms with Crippen molar-refractivity contribution in [1.29, 1.82) is 0 Å². The number of ether oxygens (including phenoxy) is 2. The van der Waals surface area contributed by atoms with Crippen LogP contribution >= 0.6 is 0 Å². The van der Waals surface area contributed by atoms with Gasteiger partial charge in [-0.3, -0.25) is 0 Å². The van der Waals surface area contributed by atoms with Crippen molar-refractivity contribution < 1.29 is 14.6 Å². The molecule has 90 valence electrons. The molecule has 3 unspecified atom stereocenters. The number of hydrogen-bond acceptors (Lipinski definition) is 3. The highest BCUT2D eigenvalue weighted by molar-refractivity contribution is 4.86. The van der Waals surface area contributed by atoms with Crippen molar-refractivity contribution in [2.24, 2.45) is 11.3 Å². The zero-order valence-electron chi connectivity index (χ0n) is 10.3. The summed E-state index contributed by atoms with van der Waals surface area (Å²) in [6.45, 7) is 7.77. The molecule has 0 saturated carbocycles. The van der Waals surface area contributed by atoms with E-state index in [1.807, 2.05) is 0 Å². The van der Waals surface area contributed by atoms with Gasteiger partial charge in [-0.15, -0.1) is 0 Å². The fourth-order valence-corrected chi connectivity index (χ4v) is 2.29. The quantitative estimate of drug-likeness (QED) is 0.782. The Morgan fingerprint density at radius 1 is 1.40 bits per heavy atom. The van der Waals surface area contributed by atoms with Crippen LogP contribution in [0.25, 0.3) is 0 Å². The van der Waals surface area contributed by atoms with Gasteiger partial charge in [-0.25, -0.2) is 0 Å². The molecule has 3 heteroatoms. The minimum absolute atomic E-state index is 0.0361. The molecule has 0 bridgehead atoms. The highest BCUT2D eigenvalue weighted by Gasteiger charge is 2.36. The van der Waals surface area contributed by atoms with Crippen LogP contribution in [-0.2, 0) is 9.47 Å². The number of rotatable bonds is 3. The van der Waals surface area contributed by atoms with E-state index in [4.69, 9.17) is 9.47 Å². The standard InChI is InChI=1S/C12H24O3/c1-12(2,3)11(14-4)10(13)9-6-5-7-15-8-9/h9-11,13H,5-8H2,1-4H3. The fourth-order valence-electron chi connectivity index (χ4n) is 2.29. The fraction of sp³-hybridized carbons (Fsp3) is 1.00. The molecular weight excluding hydrogens is 192 g/mol. The Morgan fingerprint density at radius 2 is 2.07 bits per heavy atom. The van der Waals surface area contributed by atoms with Gasteiger partial charge in [0.05, 0.1) is 18.8 Å². The van der Waals surface area contributed by atoms with Gasteiger partial charge in [0.15, 0.2) is 0 Å². The molecule has 1 rings (SSSR count). The second-order valence-electron chi connectivity index (χ2n) is 5.49. The van der Waals surface area contributed by atoms with E-state index in [1.165, 1.54) is 0 Å². The largest absolute Gasteiger partial charge is 0.390 e. The molecule has 0 aromatic carbocycles. The van der Waals surface area contributed by atoms with Crippen molar-refractivity contribution in [3.8, 4) is 0 Å². The first-order valence-electron chi connectivity index (χ1n) is 5.75. The second-order valence-corrected chi connectivity index (χ2v) is 5.49. The topological polar surface area (TPSA) is 38.7 Å². The summed E-state index contributed by atoms with van der Waals surface area (Å²) in [4.78, 5) is 0. The van der Waals surface area contributed by atoms with Gasteiger partial charge >= 0.3 is 0 Å². The maximum absolute atomic E-state index is 10.3. The highest BCUT2D eigenvalue weighted by atomic mass is 16.5. The van der Waals surface area contributed by atoms with Gasteiger partial charge in [-0.2, -0.15) is 0 Å². The van der Waals surface area contributed by atoms with E-state index < -0.39 is 6.10 Å². The molecule has 0 aromatic rings. The van der Waals surface area contributed by atoms with Gasteiger partial charge in [0, 0.05) is 19.6 Å². The highest BCUT2D eigenvalue weighted by Crippen LogP contribution is 2.30. The normalized spacial score (nSPS) is 27.4. The smallest absolute Gasteiger partial charge is 0.0881 e.